The number of thioether (sulfide) groups is 1. The number of carbonyl (C=O) groups is 2. The summed E-state index contributed by atoms with van der Waals surface area (Å²) < 4.78 is 18.7. The lowest BCUT2D eigenvalue weighted by Crippen LogP contribution is -2.47. The quantitative estimate of drug-likeness (QED) is 0.587. The number of hydrazine groups is 1. The highest BCUT2D eigenvalue weighted by atomic mass is 32.2. The predicted octanol–water partition coefficient (Wildman–Crippen LogP) is 2.92. The van der Waals surface area contributed by atoms with Crippen molar-refractivity contribution in [2.75, 3.05) is 5.75 Å². The molecule has 2 amide bonds. The van der Waals surface area contributed by atoms with E-state index in [1.807, 2.05) is 30.3 Å². The normalized spacial score (nSPS) is 11.4. The molecule has 0 aliphatic heterocycles. The van der Waals surface area contributed by atoms with Crippen LogP contribution in [0.4, 0.5) is 4.39 Å². The van der Waals surface area contributed by atoms with Gasteiger partial charge in [-0.1, -0.05) is 30.3 Å². The Morgan fingerprint density at radius 2 is 1.76 bits per heavy atom. The zero-order chi connectivity index (χ0) is 18.1. The summed E-state index contributed by atoms with van der Waals surface area (Å²) in [6, 6.07) is 15.5. The fraction of sp³-hybridized carbons (Fsp3) is 0.222. The minimum Gasteiger partial charge on any atom is -0.478 e. The maximum Gasteiger partial charge on any atom is 0.279 e. The highest BCUT2D eigenvalue weighted by Gasteiger charge is 2.16. The van der Waals surface area contributed by atoms with Gasteiger partial charge in [-0.05, 0) is 31.2 Å². The molecule has 132 valence electrons. The molecule has 2 aromatic carbocycles. The summed E-state index contributed by atoms with van der Waals surface area (Å²) in [7, 11) is 0. The van der Waals surface area contributed by atoms with Gasteiger partial charge in [-0.2, -0.15) is 0 Å². The summed E-state index contributed by atoms with van der Waals surface area (Å²) >= 11 is 1.55. The molecule has 1 unspecified atom stereocenters. The van der Waals surface area contributed by atoms with Gasteiger partial charge in [0.25, 0.3) is 5.91 Å². The number of hydrogen-bond donors (Lipinski definition) is 2. The molecule has 2 N–H and O–H groups in total. The molecule has 0 bridgehead atoms. The van der Waals surface area contributed by atoms with E-state index in [1.54, 1.807) is 17.8 Å². The van der Waals surface area contributed by atoms with Crippen molar-refractivity contribution in [2.45, 2.75) is 24.3 Å². The van der Waals surface area contributed by atoms with Crippen LogP contribution in [-0.2, 0) is 9.59 Å². The summed E-state index contributed by atoms with van der Waals surface area (Å²) in [5, 5.41) is 0. The molecular formula is C18H19FN2O3S. The van der Waals surface area contributed by atoms with Crippen LogP contribution in [0.15, 0.2) is 59.5 Å². The van der Waals surface area contributed by atoms with Gasteiger partial charge in [0.2, 0.25) is 5.91 Å². The maximum absolute atomic E-state index is 13.5. The van der Waals surface area contributed by atoms with E-state index < -0.39 is 17.8 Å². The van der Waals surface area contributed by atoms with Crippen LogP contribution in [0.2, 0.25) is 0 Å². The standard InChI is InChI=1S/C18H19FN2O3S/c1-13(24-16-10-6-5-9-15(16)19)18(23)21-20-17(22)11-12-25-14-7-3-2-4-8-14/h2-10,13H,11-12H2,1H3,(H,20,22)(H,21,23). The van der Waals surface area contributed by atoms with E-state index in [0.29, 0.717) is 5.75 Å². The van der Waals surface area contributed by atoms with Crippen molar-refractivity contribution in [2.24, 2.45) is 0 Å². The van der Waals surface area contributed by atoms with Crippen LogP contribution in [0.1, 0.15) is 13.3 Å². The third-order valence-corrected chi connectivity index (χ3v) is 4.19. The predicted molar refractivity (Wildman–Crippen MR) is 94.6 cm³/mol. The Kier molecular flexibility index (Phi) is 7.28. The SMILES string of the molecule is CC(Oc1ccccc1F)C(=O)NNC(=O)CCSc1ccccc1. The van der Waals surface area contributed by atoms with E-state index in [2.05, 4.69) is 10.9 Å². The van der Waals surface area contributed by atoms with Crippen LogP contribution in [-0.4, -0.2) is 23.7 Å². The number of ether oxygens (including phenoxy) is 1. The summed E-state index contributed by atoms with van der Waals surface area (Å²) in [4.78, 5) is 24.7. The molecule has 0 saturated carbocycles. The molecule has 0 aliphatic rings. The van der Waals surface area contributed by atoms with Crippen molar-refractivity contribution >= 4 is 23.6 Å². The summed E-state index contributed by atoms with van der Waals surface area (Å²) in [5.41, 5.74) is 4.60. The zero-order valence-corrected chi connectivity index (χ0v) is 14.5. The Balaban J connectivity index is 1.68. The molecular weight excluding hydrogens is 343 g/mol. The molecule has 5 nitrogen and oxygen atoms in total. The van der Waals surface area contributed by atoms with Crippen molar-refractivity contribution in [3.05, 3.63) is 60.4 Å². The number of carbonyl (C=O) groups excluding carboxylic acids is 2. The van der Waals surface area contributed by atoms with E-state index in [1.165, 1.54) is 25.1 Å². The first kappa shape index (κ1) is 18.8. The monoisotopic (exact) mass is 362 g/mol. The molecule has 7 heteroatoms. The lowest BCUT2D eigenvalue weighted by Gasteiger charge is -2.15. The van der Waals surface area contributed by atoms with E-state index in [9.17, 15) is 14.0 Å². The van der Waals surface area contributed by atoms with Gasteiger partial charge in [-0.3, -0.25) is 20.4 Å². The van der Waals surface area contributed by atoms with Gasteiger partial charge in [-0.25, -0.2) is 4.39 Å². The minimum atomic E-state index is -0.948. The molecule has 2 aromatic rings. The van der Waals surface area contributed by atoms with Crippen molar-refractivity contribution in [1.82, 2.24) is 10.9 Å². The highest BCUT2D eigenvalue weighted by Crippen LogP contribution is 2.18. The molecule has 1 atom stereocenters. The Morgan fingerprint density at radius 3 is 2.48 bits per heavy atom. The van der Waals surface area contributed by atoms with Crippen molar-refractivity contribution < 1.29 is 18.7 Å². The summed E-state index contributed by atoms with van der Waals surface area (Å²) in [6.45, 7) is 1.47. The second kappa shape index (κ2) is 9.68. The highest BCUT2D eigenvalue weighted by molar-refractivity contribution is 7.99. The van der Waals surface area contributed by atoms with Crippen LogP contribution in [0.25, 0.3) is 0 Å². The molecule has 0 radical (unpaired) electrons. The molecule has 0 saturated heterocycles. The van der Waals surface area contributed by atoms with Crippen LogP contribution in [0.3, 0.4) is 0 Å². The second-order valence-corrected chi connectivity index (χ2v) is 6.31. The Hall–Kier alpha value is -2.54. The smallest absolute Gasteiger partial charge is 0.279 e. The Morgan fingerprint density at radius 1 is 1.08 bits per heavy atom. The van der Waals surface area contributed by atoms with Gasteiger partial charge in [0.05, 0.1) is 0 Å². The number of amides is 2. The first-order chi connectivity index (χ1) is 12.1. The first-order valence-corrected chi connectivity index (χ1v) is 8.72. The van der Waals surface area contributed by atoms with Crippen LogP contribution >= 0.6 is 11.8 Å². The molecule has 25 heavy (non-hydrogen) atoms. The summed E-state index contributed by atoms with van der Waals surface area (Å²) in [6.07, 6.45) is -0.696. The largest absolute Gasteiger partial charge is 0.478 e. The minimum absolute atomic E-state index is 0.0178. The van der Waals surface area contributed by atoms with Gasteiger partial charge < -0.3 is 4.74 Å². The van der Waals surface area contributed by atoms with Gasteiger partial charge in [0.1, 0.15) is 0 Å². The molecule has 0 spiro atoms. The molecule has 2 rings (SSSR count). The Bertz CT molecular complexity index is 712. The molecule has 0 heterocycles. The van der Waals surface area contributed by atoms with E-state index in [0.717, 1.165) is 4.90 Å². The van der Waals surface area contributed by atoms with Crippen molar-refractivity contribution in [1.29, 1.82) is 0 Å². The number of benzene rings is 2. The van der Waals surface area contributed by atoms with Crippen LogP contribution < -0.4 is 15.6 Å². The van der Waals surface area contributed by atoms with Gasteiger partial charge >= 0.3 is 0 Å². The fourth-order valence-corrected chi connectivity index (χ4v) is 2.73. The van der Waals surface area contributed by atoms with Crippen LogP contribution in [0.5, 0.6) is 5.75 Å². The molecule has 0 aromatic heterocycles. The van der Waals surface area contributed by atoms with E-state index in [-0.39, 0.29) is 18.1 Å². The maximum atomic E-state index is 13.5. The lowest BCUT2D eigenvalue weighted by molar-refractivity contribution is -0.132. The van der Waals surface area contributed by atoms with E-state index >= 15 is 0 Å². The second-order valence-electron chi connectivity index (χ2n) is 5.14. The first-order valence-electron chi connectivity index (χ1n) is 7.74. The van der Waals surface area contributed by atoms with Gasteiger partial charge in [-0.15, -0.1) is 11.8 Å². The van der Waals surface area contributed by atoms with Gasteiger partial charge in [0, 0.05) is 17.1 Å². The van der Waals surface area contributed by atoms with Crippen molar-refractivity contribution in [3.63, 3.8) is 0 Å². The third kappa shape index (κ3) is 6.46. The number of nitrogens with one attached hydrogen (secondary N) is 2. The Labute approximate surface area is 149 Å². The summed E-state index contributed by atoms with van der Waals surface area (Å²) in [5.74, 6) is -0.852. The number of halogens is 1. The third-order valence-electron chi connectivity index (χ3n) is 3.18. The van der Waals surface area contributed by atoms with E-state index in [4.69, 9.17) is 4.74 Å². The number of rotatable bonds is 7. The average Bonchev–Trinajstić information content (AvgIpc) is 2.62. The fourth-order valence-electron chi connectivity index (χ4n) is 1.86. The topological polar surface area (TPSA) is 67.4 Å². The zero-order valence-electron chi connectivity index (χ0n) is 13.7. The number of para-hydroxylation sites is 1. The number of hydrogen-bond acceptors (Lipinski definition) is 4. The lowest BCUT2D eigenvalue weighted by atomic mass is 10.3. The average molecular weight is 362 g/mol. The van der Waals surface area contributed by atoms with Gasteiger partial charge in [0.15, 0.2) is 17.7 Å². The molecule has 0 fully saturated rings. The van der Waals surface area contributed by atoms with Crippen LogP contribution in [0, 0.1) is 5.82 Å². The molecule has 0 aliphatic carbocycles. The van der Waals surface area contributed by atoms with Crippen molar-refractivity contribution in [3.8, 4) is 5.75 Å².